The van der Waals surface area contributed by atoms with E-state index in [0.29, 0.717) is 183 Å². The van der Waals surface area contributed by atoms with Crippen LogP contribution >= 0.6 is 59.3 Å². The highest BCUT2D eigenvalue weighted by Crippen LogP contribution is 2.49. The fourth-order valence-corrected chi connectivity index (χ4v) is 18.1. The fourth-order valence-electron chi connectivity index (χ4n) is 14.4. The molecule has 10 N–H and O–H groups in total. The minimum absolute atomic E-state index is 0.00121. The number of carboxylic acids is 2. The second kappa shape index (κ2) is 32.9. The summed E-state index contributed by atoms with van der Waals surface area (Å²) in [6.45, 7) is 10.4. The lowest BCUT2D eigenvalue weighted by Crippen LogP contribution is -2.40. The molecule has 2 aliphatic carbocycles. The highest BCUT2D eigenvalue weighted by Gasteiger charge is 2.31. The van der Waals surface area contributed by atoms with Crippen molar-refractivity contribution in [3.63, 3.8) is 0 Å². The Balaban J connectivity index is 0.000000171. The van der Waals surface area contributed by atoms with E-state index in [-0.39, 0.29) is 82.3 Å². The molecule has 0 radical (unpaired) electrons. The average molecular weight is 1700 g/mol. The lowest BCUT2D eigenvalue weighted by atomic mass is 9.90. The van der Waals surface area contributed by atoms with Crippen LogP contribution in [0.15, 0.2) is 213 Å². The van der Waals surface area contributed by atoms with Crippen LogP contribution in [-0.2, 0) is 13.1 Å². The number of nitrogen functional groups attached to an aromatic ring is 2. The van der Waals surface area contributed by atoms with Gasteiger partial charge < -0.3 is 93.7 Å². The smallest absolute Gasteiger partial charge is 0.336 e. The number of oxazole rings is 1. The van der Waals surface area contributed by atoms with E-state index in [0.717, 1.165) is 20.4 Å². The van der Waals surface area contributed by atoms with Gasteiger partial charge in [-0.15, -0.1) is 11.3 Å². The van der Waals surface area contributed by atoms with E-state index in [4.69, 9.17) is 78.1 Å². The number of hydrogen-bond acceptors (Lipinski definition) is 28. The summed E-state index contributed by atoms with van der Waals surface area (Å²) < 4.78 is 44.3. The highest BCUT2D eigenvalue weighted by molar-refractivity contribution is 7.99. The van der Waals surface area contributed by atoms with Gasteiger partial charge in [-0.05, 0) is 173 Å². The lowest BCUT2D eigenvalue weighted by molar-refractivity contribution is 0.0687. The van der Waals surface area contributed by atoms with Gasteiger partial charge in [0.15, 0.2) is 88.4 Å². The molecular weight excluding hydrogens is 1630 g/mol. The van der Waals surface area contributed by atoms with E-state index in [1.807, 2.05) is 76.3 Å². The number of thiocarbonyl (C=S) groups is 2. The maximum atomic E-state index is 12.9. The number of imidazole rings is 2. The molecule has 36 heteroatoms. The molecule has 4 aliphatic heterocycles. The first kappa shape index (κ1) is 78.6. The summed E-state index contributed by atoms with van der Waals surface area (Å²) in [6, 6.07) is 35.4. The molecule has 0 spiro atoms. The molecule has 0 fully saturated rings. The third-order valence-corrected chi connectivity index (χ3v) is 23.5. The predicted molar refractivity (Wildman–Crippen MR) is 461 cm³/mol. The summed E-state index contributed by atoms with van der Waals surface area (Å²) in [5, 5.41) is 53.9. The van der Waals surface area contributed by atoms with Gasteiger partial charge in [0.25, 0.3) is 0 Å². The van der Waals surface area contributed by atoms with E-state index in [9.17, 15) is 39.6 Å². The fraction of sp³-hybridized carbons (Fsp3) is 0.167. The topological polar surface area (TPSA) is 421 Å². The van der Waals surface area contributed by atoms with Crippen molar-refractivity contribution in [2.75, 3.05) is 48.8 Å². The van der Waals surface area contributed by atoms with Gasteiger partial charge in [-0.2, -0.15) is 0 Å². The number of carboxylic acid groups (broad SMARTS) is 2. The van der Waals surface area contributed by atoms with Gasteiger partial charge in [0, 0.05) is 134 Å². The number of rotatable bonds is 22. The maximum absolute atomic E-state index is 12.9. The Hall–Kier alpha value is -13.9. The molecular formula is C84H68N16O15S5. The minimum Gasteiger partial charge on any atom is -0.508 e. The van der Waals surface area contributed by atoms with Crippen molar-refractivity contribution in [3.8, 4) is 101 Å². The molecule has 31 nitrogen and oxygen atoms in total. The largest absolute Gasteiger partial charge is 0.508 e. The molecule has 0 atom stereocenters. The lowest BCUT2D eigenvalue weighted by Gasteiger charge is -2.30. The van der Waals surface area contributed by atoms with Crippen LogP contribution in [0.4, 0.5) is 23.0 Å². The minimum atomic E-state index is -1.17. The Morgan fingerprint density at radius 1 is 0.542 bits per heavy atom. The zero-order valence-electron chi connectivity index (χ0n) is 63.8. The van der Waals surface area contributed by atoms with Crippen molar-refractivity contribution in [1.82, 2.24) is 58.8 Å². The number of hydrogen-bond donors (Lipinski definition) is 8. The van der Waals surface area contributed by atoms with Crippen LogP contribution in [0, 0.1) is 0 Å². The van der Waals surface area contributed by atoms with Crippen molar-refractivity contribution in [1.29, 1.82) is 0 Å². The first-order valence-electron chi connectivity index (χ1n) is 37.3. The van der Waals surface area contributed by atoms with Crippen molar-refractivity contribution in [2.24, 2.45) is 0 Å². The van der Waals surface area contributed by atoms with Gasteiger partial charge in [-0.1, -0.05) is 35.7 Å². The van der Waals surface area contributed by atoms with E-state index < -0.39 is 11.9 Å². The Morgan fingerprint density at radius 3 is 1.44 bits per heavy atom. The number of carbonyl (C=O) groups is 2. The zero-order chi connectivity index (χ0) is 83.3. The molecule has 10 heterocycles. The number of nitrogens with zero attached hydrogens (tertiary/aromatic N) is 12. The van der Waals surface area contributed by atoms with Crippen LogP contribution in [-0.4, -0.2) is 140 Å². The van der Waals surface area contributed by atoms with Crippen LogP contribution < -0.4 is 51.9 Å². The van der Waals surface area contributed by atoms with E-state index in [1.54, 1.807) is 60.9 Å². The molecule has 12 aromatic rings. The molecule has 6 aliphatic rings. The predicted octanol–water partition coefficient (Wildman–Crippen LogP) is 15.9. The van der Waals surface area contributed by atoms with Crippen LogP contribution in [0.1, 0.15) is 61.3 Å². The number of aryl methyl sites for hydroxylation is 2. The third-order valence-electron chi connectivity index (χ3n) is 20.0. The Labute approximate surface area is 702 Å². The van der Waals surface area contributed by atoms with E-state index in [2.05, 4.69) is 40.5 Å². The number of anilines is 4. The summed E-state index contributed by atoms with van der Waals surface area (Å²) in [7, 11) is 0. The number of aromatic nitrogens is 10. The SMILES string of the molecule is CC(C)N(CCCn1c(Sc2cc3c(cc2-c2ncco2)OCO3)nc2c(N)ncnc21)C(=S)Nc1ccc(-c2c3ccc(=O)cc-3oc3cc(O)ccc23)c(C(=O)O)c1.CC(C)N(CCCn1c(Sc2cc3c(cc2-c2nccs2)OCO3)nc2c(N)ncnc21)C(=S)Nc1ccc(-c2c3ccc(=O)cc-3oc3cc(O)ccc23)c(C(=O)O)c1. The van der Waals surface area contributed by atoms with Crippen molar-refractivity contribution < 1.29 is 62.2 Å². The molecule has 0 saturated carbocycles. The quantitative estimate of drug-likeness (QED) is 0.0231. The average Bonchev–Trinajstić information content (AvgIpc) is 1.15. The number of benzene rings is 8. The van der Waals surface area contributed by atoms with E-state index in [1.165, 1.54) is 114 Å². The first-order valence-corrected chi connectivity index (χ1v) is 40.6. The van der Waals surface area contributed by atoms with Crippen LogP contribution in [0.2, 0.25) is 0 Å². The molecule has 604 valence electrons. The number of fused-ring (bicyclic) bond motifs is 8. The Morgan fingerprint density at radius 2 is 1.00 bits per heavy atom. The Kier molecular flexibility index (Phi) is 21.5. The van der Waals surface area contributed by atoms with Crippen LogP contribution in [0.3, 0.4) is 0 Å². The molecule has 120 heavy (non-hydrogen) atoms. The highest BCUT2D eigenvalue weighted by atomic mass is 32.2. The number of aromatic carboxylic acids is 2. The van der Waals surface area contributed by atoms with E-state index >= 15 is 0 Å². The molecule has 0 saturated heterocycles. The van der Waals surface area contributed by atoms with Gasteiger partial charge in [0.1, 0.15) is 58.1 Å². The Bertz CT molecular complexity index is 6410. The normalized spacial score (nSPS) is 12.2. The van der Waals surface area contributed by atoms with Gasteiger partial charge in [-0.3, -0.25) is 9.59 Å². The van der Waals surface area contributed by atoms with Gasteiger partial charge >= 0.3 is 11.9 Å². The summed E-state index contributed by atoms with van der Waals surface area (Å²) in [4.78, 5) is 92.1. The van der Waals surface area contributed by atoms with Crippen molar-refractivity contribution in [3.05, 3.63) is 202 Å². The van der Waals surface area contributed by atoms with Crippen LogP contribution in [0.25, 0.3) is 111 Å². The summed E-state index contributed by atoms with van der Waals surface area (Å²) in [6.07, 6.45) is 8.90. The number of nitrogens with one attached hydrogen (secondary N) is 2. The zero-order valence-corrected chi connectivity index (χ0v) is 67.9. The molecule has 0 amide bonds. The monoisotopic (exact) mass is 1700 g/mol. The van der Waals surface area contributed by atoms with Gasteiger partial charge in [0.2, 0.25) is 19.5 Å². The number of phenols is 2. The molecule has 18 rings (SSSR count). The van der Waals surface area contributed by atoms with Crippen LogP contribution in [0.5, 0.6) is 34.5 Å². The standard InChI is InChI=1S/C42H34N8O8S2.C42H34N8O7S3/c1-21(2)49(41(59)47-22-4-7-25(28(14-22)40(53)54)35-26-8-5-23(51)15-30(26)58-31-16-24(52)6-9-27(31)35)11-3-12-50-38-36(37(43)45-19-46-38)48-42(50)60-34-18-33-32(56-20-57-33)17-29(34)39-44-10-13-55-39;1-21(2)49(41(58)47-22-4-7-25(28(14-22)40(53)54)35-26-8-5-23(51)15-30(26)57-31-16-24(52)6-9-27(31)35)11-3-12-50-38-36(37(43)45-19-46-38)48-42(50)60-34-18-33-32(55-20-56-33)17-29(34)39-44-10-13-59-39/h4-10,13-19,21,51H,3,11-12,20H2,1-2H3,(H,47,59)(H,53,54)(H2,43,45,46);4-10,13-19,21,51H,3,11-12,20H2,1-2H3,(H,47,58)(H,53,54)(H2,43,45,46). The second-order valence-corrected chi connectivity index (χ2v) is 31.8. The molecule has 0 unspecified atom stereocenters. The number of aromatic hydroxyl groups is 2. The van der Waals surface area contributed by atoms with Gasteiger partial charge in [0.05, 0.1) is 22.9 Å². The summed E-state index contributed by atoms with van der Waals surface area (Å²) in [5.74, 6) is 1.52. The number of thiazole rings is 1. The third kappa shape index (κ3) is 15.6. The molecule has 6 aromatic heterocycles. The summed E-state index contributed by atoms with van der Waals surface area (Å²) in [5.41, 5.74) is 20.3. The summed E-state index contributed by atoms with van der Waals surface area (Å²) >= 11 is 16.2. The molecule has 6 aromatic carbocycles. The van der Waals surface area contributed by atoms with Gasteiger partial charge in [-0.25, -0.2) is 49.5 Å². The first-order chi connectivity index (χ1) is 58.0. The maximum Gasteiger partial charge on any atom is 0.336 e. The second-order valence-electron chi connectivity index (χ2n) is 28.1. The molecule has 0 bridgehead atoms. The number of nitrogens with two attached hydrogens (primary N) is 2. The van der Waals surface area contributed by atoms with Crippen molar-refractivity contribution >= 4 is 149 Å². The van der Waals surface area contributed by atoms with Crippen molar-refractivity contribution in [2.45, 2.75) is 85.8 Å². The number of phenolic OH excluding ortho intramolecular Hbond substituents is 2. The number of ether oxygens (including phenoxy) is 4.